The Bertz CT molecular complexity index is 494. The van der Waals surface area contributed by atoms with Crippen LogP contribution in [0.2, 0.25) is 0 Å². The molecule has 0 heterocycles. The predicted octanol–water partition coefficient (Wildman–Crippen LogP) is 3.05. The van der Waals surface area contributed by atoms with Crippen molar-refractivity contribution in [3.63, 3.8) is 0 Å². The quantitative estimate of drug-likeness (QED) is 0.874. The predicted molar refractivity (Wildman–Crippen MR) is 70.2 cm³/mol. The molecule has 2 rings (SSSR count). The van der Waals surface area contributed by atoms with Gasteiger partial charge in [-0.15, -0.1) is 0 Å². The minimum atomic E-state index is -0.147. The summed E-state index contributed by atoms with van der Waals surface area (Å²) in [6, 6.07) is 16.0. The molecule has 2 aromatic rings. The normalized spacial score (nSPS) is 12.2. The highest BCUT2D eigenvalue weighted by Crippen LogP contribution is 2.30. The molecule has 2 N–H and O–H groups in total. The van der Waals surface area contributed by atoms with Gasteiger partial charge < -0.3 is 10.5 Å². The molecule has 2 aromatic carbocycles. The largest absolute Gasteiger partial charge is 0.496 e. The van der Waals surface area contributed by atoms with Crippen molar-refractivity contribution >= 4 is 0 Å². The average molecular weight is 227 g/mol. The maximum absolute atomic E-state index is 6.28. The van der Waals surface area contributed by atoms with Gasteiger partial charge in [-0.2, -0.15) is 0 Å². The van der Waals surface area contributed by atoms with E-state index in [0.29, 0.717) is 0 Å². The summed E-state index contributed by atoms with van der Waals surface area (Å²) in [5.74, 6) is 0.879. The van der Waals surface area contributed by atoms with E-state index in [1.54, 1.807) is 7.11 Å². The summed E-state index contributed by atoms with van der Waals surface area (Å²) < 4.78 is 5.44. The minimum Gasteiger partial charge on any atom is -0.496 e. The molecule has 0 radical (unpaired) electrons. The van der Waals surface area contributed by atoms with E-state index in [9.17, 15) is 0 Å². The number of para-hydroxylation sites is 1. The Morgan fingerprint density at radius 1 is 1.00 bits per heavy atom. The standard InChI is InChI=1S/C15H17NO/c1-11-7-6-10-13(15(11)17-2)14(16)12-8-4-3-5-9-12/h3-10,14H,16H2,1-2H3. The van der Waals surface area contributed by atoms with Crippen LogP contribution in [-0.4, -0.2) is 7.11 Å². The highest BCUT2D eigenvalue weighted by molar-refractivity contribution is 5.45. The minimum absolute atomic E-state index is 0.147. The molecule has 0 saturated heterocycles. The third-order valence-electron chi connectivity index (χ3n) is 2.94. The summed E-state index contributed by atoms with van der Waals surface area (Å²) in [5, 5.41) is 0. The van der Waals surface area contributed by atoms with Gasteiger partial charge in [-0.25, -0.2) is 0 Å². The smallest absolute Gasteiger partial charge is 0.126 e. The number of benzene rings is 2. The van der Waals surface area contributed by atoms with Crippen LogP contribution in [0.4, 0.5) is 0 Å². The van der Waals surface area contributed by atoms with Gasteiger partial charge in [0.2, 0.25) is 0 Å². The van der Waals surface area contributed by atoms with Crippen molar-refractivity contribution in [2.45, 2.75) is 13.0 Å². The van der Waals surface area contributed by atoms with Gasteiger partial charge in [0.25, 0.3) is 0 Å². The zero-order chi connectivity index (χ0) is 12.3. The second kappa shape index (κ2) is 5.02. The SMILES string of the molecule is COc1c(C)cccc1C(N)c1ccccc1. The van der Waals surface area contributed by atoms with E-state index in [1.807, 2.05) is 55.5 Å². The average Bonchev–Trinajstić information content (AvgIpc) is 2.38. The molecule has 0 spiro atoms. The molecule has 0 amide bonds. The first kappa shape index (κ1) is 11.7. The third kappa shape index (κ3) is 2.32. The number of methoxy groups -OCH3 is 1. The first-order chi connectivity index (χ1) is 8.24. The molecule has 1 atom stereocenters. The van der Waals surface area contributed by atoms with Gasteiger partial charge >= 0.3 is 0 Å². The van der Waals surface area contributed by atoms with Crippen molar-refractivity contribution in [2.24, 2.45) is 5.73 Å². The summed E-state index contributed by atoms with van der Waals surface area (Å²) in [6.07, 6.45) is 0. The summed E-state index contributed by atoms with van der Waals surface area (Å²) in [7, 11) is 1.68. The first-order valence-corrected chi connectivity index (χ1v) is 5.68. The first-order valence-electron chi connectivity index (χ1n) is 5.68. The molecule has 0 aromatic heterocycles. The van der Waals surface area contributed by atoms with E-state index < -0.39 is 0 Å². The van der Waals surface area contributed by atoms with Gasteiger partial charge in [0.05, 0.1) is 13.2 Å². The zero-order valence-corrected chi connectivity index (χ0v) is 10.2. The van der Waals surface area contributed by atoms with E-state index in [0.717, 1.165) is 22.4 Å². The molecular formula is C15H17NO. The molecule has 2 nitrogen and oxygen atoms in total. The summed E-state index contributed by atoms with van der Waals surface area (Å²) >= 11 is 0. The fraction of sp³-hybridized carbons (Fsp3) is 0.200. The number of aryl methyl sites for hydroxylation is 1. The van der Waals surface area contributed by atoms with Crippen molar-refractivity contribution in [1.29, 1.82) is 0 Å². The van der Waals surface area contributed by atoms with Gasteiger partial charge in [-0.05, 0) is 18.1 Å². The van der Waals surface area contributed by atoms with Gasteiger partial charge in [0.15, 0.2) is 0 Å². The van der Waals surface area contributed by atoms with Crippen LogP contribution in [0, 0.1) is 6.92 Å². The molecular weight excluding hydrogens is 210 g/mol. The molecule has 0 aliphatic heterocycles. The lowest BCUT2D eigenvalue weighted by Gasteiger charge is -2.17. The molecule has 0 bridgehead atoms. The number of hydrogen-bond acceptors (Lipinski definition) is 2. The summed E-state index contributed by atoms with van der Waals surface area (Å²) in [5.41, 5.74) is 9.51. The van der Waals surface area contributed by atoms with Gasteiger partial charge in [0, 0.05) is 5.56 Å². The van der Waals surface area contributed by atoms with Crippen LogP contribution in [0.3, 0.4) is 0 Å². The Morgan fingerprint density at radius 3 is 2.35 bits per heavy atom. The maximum atomic E-state index is 6.28. The Balaban J connectivity index is 2.44. The highest BCUT2D eigenvalue weighted by Gasteiger charge is 2.14. The topological polar surface area (TPSA) is 35.2 Å². The van der Waals surface area contributed by atoms with E-state index in [4.69, 9.17) is 10.5 Å². The van der Waals surface area contributed by atoms with Crippen molar-refractivity contribution < 1.29 is 4.74 Å². The Morgan fingerprint density at radius 2 is 1.71 bits per heavy atom. The molecule has 17 heavy (non-hydrogen) atoms. The highest BCUT2D eigenvalue weighted by atomic mass is 16.5. The van der Waals surface area contributed by atoms with Gasteiger partial charge in [-0.3, -0.25) is 0 Å². The monoisotopic (exact) mass is 227 g/mol. The lowest BCUT2D eigenvalue weighted by atomic mass is 9.97. The second-order valence-corrected chi connectivity index (χ2v) is 4.09. The number of ether oxygens (including phenoxy) is 1. The van der Waals surface area contributed by atoms with Crippen molar-refractivity contribution in [1.82, 2.24) is 0 Å². The summed E-state index contributed by atoms with van der Waals surface area (Å²) in [4.78, 5) is 0. The van der Waals surface area contributed by atoms with Crippen LogP contribution in [-0.2, 0) is 0 Å². The summed E-state index contributed by atoms with van der Waals surface area (Å²) in [6.45, 7) is 2.03. The van der Waals surface area contributed by atoms with Crippen LogP contribution in [0.15, 0.2) is 48.5 Å². The van der Waals surface area contributed by atoms with Crippen LogP contribution >= 0.6 is 0 Å². The van der Waals surface area contributed by atoms with Crippen LogP contribution in [0.5, 0.6) is 5.75 Å². The Kier molecular flexibility index (Phi) is 3.45. The lowest BCUT2D eigenvalue weighted by molar-refractivity contribution is 0.404. The molecule has 0 aliphatic rings. The molecule has 88 valence electrons. The fourth-order valence-electron chi connectivity index (χ4n) is 2.04. The molecule has 2 heteroatoms. The lowest BCUT2D eigenvalue weighted by Crippen LogP contribution is -2.13. The second-order valence-electron chi connectivity index (χ2n) is 4.09. The van der Waals surface area contributed by atoms with Crippen molar-refractivity contribution in [2.75, 3.05) is 7.11 Å². The van der Waals surface area contributed by atoms with E-state index >= 15 is 0 Å². The molecule has 1 unspecified atom stereocenters. The molecule has 0 saturated carbocycles. The van der Waals surface area contributed by atoms with E-state index in [1.165, 1.54) is 0 Å². The van der Waals surface area contributed by atoms with E-state index in [-0.39, 0.29) is 6.04 Å². The molecule has 0 aliphatic carbocycles. The van der Waals surface area contributed by atoms with Gasteiger partial charge in [0.1, 0.15) is 5.75 Å². The Labute approximate surface area is 102 Å². The third-order valence-corrected chi connectivity index (χ3v) is 2.94. The zero-order valence-electron chi connectivity index (χ0n) is 10.2. The van der Waals surface area contributed by atoms with Crippen LogP contribution in [0.25, 0.3) is 0 Å². The number of rotatable bonds is 3. The number of hydrogen-bond donors (Lipinski definition) is 1. The fourth-order valence-corrected chi connectivity index (χ4v) is 2.04. The Hall–Kier alpha value is -1.80. The van der Waals surface area contributed by atoms with Gasteiger partial charge in [-0.1, -0.05) is 48.5 Å². The number of nitrogens with two attached hydrogens (primary N) is 1. The van der Waals surface area contributed by atoms with Crippen molar-refractivity contribution in [3.8, 4) is 5.75 Å². The van der Waals surface area contributed by atoms with Crippen molar-refractivity contribution in [3.05, 3.63) is 65.2 Å². The van der Waals surface area contributed by atoms with Crippen LogP contribution in [0.1, 0.15) is 22.7 Å². The van der Waals surface area contributed by atoms with E-state index in [2.05, 4.69) is 0 Å². The van der Waals surface area contributed by atoms with Crippen LogP contribution < -0.4 is 10.5 Å². The molecule has 0 fully saturated rings. The maximum Gasteiger partial charge on any atom is 0.126 e.